The van der Waals surface area contributed by atoms with E-state index in [2.05, 4.69) is 10.3 Å². The fraction of sp³-hybridized carbons (Fsp3) is 0.412. The molecule has 0 radical (unpaired) electrons. The van der Waals surface area contributed by atoms with Crippen LogP contribution in [0.2, 0.25) is 0 Å². The number of methoxy groups -OCH3 is 3. The maximum absolute atomic E-state index is 12.4. The number of hydrogen-bond acceptors (Lipinski definition) is 6. The first kappa shape index (κ1) is 16.6. The highest BCUT2D eigenvalue weighted by Crippen LogP contribution is 2.41. The highest BCUT2D eigenvalue weighted by molar-refractivity contribution is 7.09. The van der Waals surface area contributed by atoms with Crippen LogP contribution in [0.4, 0.5) is 0 Å². The Morgan fingerprint density at radius 2 is 1.88 bits per heavy atom. The van der Waals surface area contributed by atoms with Crippen molar-refractivity contribution in [1.29, 1.82) is 0 Å². The number of aromatic nitrogens is 1. The fourth-order valence-electron chi connectivity index (χ4n) is 2.41. The van der Waals surface area contributed by atoms with E-state index >= 15 is 0 Å². The predicted molar refractivity (Wildman–Crippen MR) is 91.4 cm³/mol. The molecule has 2 aromatic rings. The summed E-state index contributed by atoms with van der Waals surface area (Å²) in [6.45, 7) is 0.402. The van der Waals surface area contributed by atoms with Gasteiger partial charge >= 0.3 is 0 Å². The van der Waals surface area contributed by atoms with Gasteiger partial charge in [0.1, 0.15) is 0 Å². The van der Waals surface area contributed by atoms with Gasteiger partial charge in [0, 0.05) is 16.9 Å². The summed E-state index contributed by atoms with van der Waals surface area (Å²) in [5.41, 5.74) is 1.34. The Balaban J connectivity index is 1.71. The summed E-state index contributed by atoms with van der Waals surface area (Å²) in [7, 11) is 4.57. The summed E-state index contributed by atoms with van der Waals surface area (Å²) in [4.78, 5) is 17.0. The molecule has 1 heterocycles. The second kappa shape index (κ2) is 7.09. The number of hydrogen-bond donors (Lipinski definition) is 1. The second-order valence-electron chi connectivity index (χ2n) is 5.55. The zero-order valence-corrected chi connectivity index (χ0v) is 14.7. The Hall–Kier alpha value is -2.28. The first-order valence-electron chi connectivity index (χ1n) is 7.68. The van der Waals surface area contributed by atoms with Crippen molar-refractivity contribution in [3.05, 3.63) is 33.8 Å². The fourth-order valence-corrected chi connectivity index (χ4v) is 3.40. The standard InChI is InChI=1S/C17H20N2O4S/c1-21-13-6-11(7-14(22-2)15(13)23-3)16(20)18-8-12-9-24-17(19-12)10-4-5-10/h6-7,9-10H,4-5,8H2,1-3H3,(H,18,20). The Labute approximate surface area is 144 Å². The van der Waals surface area contributed by atoms with Crippen molar-refractivity contribution >= 4 is 17.2 Å². The number of nitrogens with zero attached hydrogens (tertiary/aromatic N) is 1. The molecule has 0 atom stereocenters. The second-order valence-corrected chi connectivity index (χ2v) is 6.44. The number of carbonyl (C=O) groups excluding carboxylic acids is 1. The maximum Gasteiger partial charge on any atom is 0.251 e. The van der Waals surface area contributed by atoms with Crippen LogP contribution < -0.4 is 19.5 Å². The molecule has 3 rings (SSSR count). The van der Waals surface area contributed by atoms with Gasteiger partial charge in [-0.05, 0) is 25.0 Å². The van der Waals surface area contributed by atoms with Crippen LogP contribution in [0.25, 0.3) is 0 Å². The number of benzene rings is 1. The number of amides is 1. The quantitative estimate of drug-likeness (QED) is 0.833. The van der Waals surface area contributed by atoms with Crippen LogP contribution in [-0.4, -0.2) is 32.2 Å². The molecule has 1 aliphatic carbocycles. The van der Waals surface area contributed by atoms with E-state index in [9.17, 15) is 4.79 Å². The number of ether oxygens (including phenoxy) is 3. The molecule has 128 valence electrons. The third kappa shape index (κ3) is 3.46. The minimum absolute atomic E-state index is 0.213. The topological polar surface area (TPSA) is 69.7 Å². The number of carbonyl (C=O) groups is 1. The summed E-state index contributed by atoms with van der Waals surface area (Å²) in [5, 5.41) is 6.06. The lowest BCUT2D eigenvalue weighted by Gasteiger charge is -2.13. The number of thiazole rings is 1. The molecule has 1 fully saturated rings. The molecule has 0 saturated heterocycles. The Morgan fingerprint density at radius 3 is 2.42 bits per heavy atom. The molecule has 0 unspecified atom stereocenters. The van der Waals surface area contributed by atoms with E-state index in [1.54, 1.807) is 23.5 Å². The monoisotopic (exact) mass is 348 g/mol. The summed E-state index contributed by atoms with van der Waals surface area (Å²) < 4.78 is 15.8. The van der Waals surface area contributed by atoms with Gasteiger partial charge in [-0.1, -0.05) is 0 Å². The highest BCUT2D eigenvalue weighted by Gasteiger charge is 2.26. The third-order valence-corrected chi connectivity index (χ3v) is 4.91. The molecular formula is C17H20N2O4S. The Morgan fingerprint density at radius 1 is 1.21 bits per heavy atom. The van der Waals surface area contributed by atoms with Gasteiger partial charge in [-0.25, -0.2) is 4.98 Å². The summed E-state index contributed by atoms with van der Waals surface area (Å²) in [6.07, 6.45) is 2.45. The van der Waals surface area contributed by atoms with Crippen LogP contribution >= 0.6 is 11.3 Å². The Kier molecular flexibility index (Phi) is 4.89. The largest absolute Gasteiger partial charge is 0.493 e. The molecule has 0 spiro atoms. The van der Waals surface area contributed by atoms with Crippen molar-refractivity contribution in [2.75, 3.05) is 21.3 Å². The lowest BCUT2D eigenvalue weighted by atomic mass is 10.1. The van der Waals surface area contributed by atoms with Crippen molar-refractivity contribution in [1.82, 2.24) is 10.3 Å². The molecule has 0 aliphatic heterocycles. The predicted octanol–water partition coefficient (Wildman–Crippen LogP) is 2.98. The van der Waals surface area contributed by atoms with E-state index in [4.69, 9.17) is 14.2 Å². The van der Waals surface area contributed by atoms with Crippen LogP contribution in [0, 0.1) is 0 Å². The normalized spacial score (nSPS) is 13.5. The van der Waals surface area contributed by atoms with E-state index in [-0.39, 0.29) is 5.91 Å². The molecule has 1 aromatic heterocycles. The summed E-state index contributed by atoms with van der Waals surface area (Å²) >= 11 is 1.67. The van der Waals surface area contributed by atoms with E-state index in [1.165, 1.54) is 39.2 Å². The van der Waals surface area contributed by atoms with Gasteiger partial charge in [0.25, 0.3) is 5.91 Å². The van der Waals surface area contributed by atoms with Gasteiger partial charge in [0.05, 0.1) is 38.6 Å². The van der Waals surface area contributed by atoms with E-state index < -0.39 is 0 Å². The van der Waals surface area contributed by atoms with Gasteiger partial charge in [0.2, 0.25) is 5.75 Å². The average molecular weight is 348 g/mol. The molecule has 1 aromatic carbocycles. The molecule has 1 amide bonds. The van der Waals surface area contributed by atoms with Gasteiger partial charge in [0.15, 0.2) is 11.5 Å². The first-order valence-corrected chi connectivity index (χ1v) is 8.56. The molecule has 1 aliphatic rings. The van der Waals surface area contributed by atoms with Crippen LogP contribution in [0.15, 0.2) is 17.5 Å². The van der Waals surface area contributed by atoms with Crippen LogP contribution in [-0.2, 0) is 6.54 Å². The maximum atomic E-state index is 12.4. The zero-order valence-electron chi connectivity index (χ0n) is 13.9. The average Bonchev–Trinajstić information content (AvgIpc) is 3.36. The van der Waals surface area contributed by atoms with Crippen molar-refractivity contribution in [2.24, 2.45) is 0 Å². The SMILES string of the molecule is COc1cc(C(=O)NCc2csc(C3CC3)n2)cc(OC)c1OC. The van der Waals surface area contributed by atoms with Crippen molar-refractivity contribution in [3.8, 4) is 17.2 Å². The molecular weight excluding hydrogens is 328 g/mol. The minimum Gasteiger partial charge on any atom is -0.493 e. The molecule has 7 heteroatoms. The van der Waals surface area contributed by atoms with Crippen molar-refractivity contribution in [2.45, 2.75) is 25.3 Å². The molecule has 6 nitrogen and oxygen atoms in total. The summed E-state index contributed by atoms with van der Waals surface area (Å²) in [6, 6.07) is 3.26. The summed E-state index contributed by atoms with van der Waals surface area (Å²) in [5.74, 6) is 1.79. The molecule has 0 bridgehead atoms. The zero-order chi connectivity index (χ0) is 17.1. The molecule has 1 N–H and O–H groups in total. The smallest absolute Gasteiger partial charge is 0.251 e. The van der Waals surface area contributed by atoms with Gasteiger partial charge in [-0.15, -0.1) is 11.3 Å². The van der Waals surface area contributed by atoms with Crippen LogP contribution in [0.3, 0.4) is 0 Å². The third-order valence-electron chi connectivity index (χ3n) is 3.85. The van der Waals surface area contributed by atoms with E-state index in [0.717, 1.165) is 5.69 Å². The first-order chi connectivity index (χ1) is 11.7. The number of nitrogens with one attached hydrogen (secondary N) is 1. The number of rotatable bonds is 7. The van der Waals surface area contributed by atoms with Crippen molar-refractivity contribution < 1.29 is 19.0 Å². The minimum atomic E-state index is -0.213. The van der Waals surface area contributed by atoms with Gasteiger partial charge in [-0.2, -0.15) is 0 Å². The molecule has 24 heavy (non-hydrogen) atoms. The lowest BCUT2D eigenvalue weighted by Crippen LogP contribution is -2.23. The van der Waals surface area contributed by atoms with E-state index in [1.807, 2.05) is 5.38 Å². The lowest BCUT2D eigenvalue weighted by molar-refractivity contribution is 0.0949. The van der Waals surface area contributed by atoms with Crippen LogP contribution in [0.1, 0.15) is 39.8 Å². The van der Waals surface area contributed by atoms with Crippen LogP contribution in [0.5, 0.6) is 17.2 Å². The van der Waals surface area contributed by atoms with E-state index in [0.29, 0.717) is 35.3 Å². The van der Waals surface area contributed by atoms with Crippen molar-refractivity contribution in [3.63, 3.8) is 0 Å². The van der Waals surface area contributed by atoms with Gasteiger partial charge < -0.3 is 19.5 Å². The Bertz CT molecular complexity index is 715. The highest BCUT2D eigenvalue weighted by atomic mass is 32.1. The molecule has 1 saturated carbocycles. The van der Waals surface area contributed by atoms with Gasteiger partial charge in [-0.3, -0.25) is 4.79 Å².